The average molecular weight is 217 g/mol. The van der Waals surface area contributed by atoms with Crippen LogP contribution in [0.5, 0.6) is 0 Å². The highest BCUT2D eigenvalue weighted by molar-refractivity contribution is 6.00. The molecule has 0 bridgehead atoms. The van der Waals surface area contributed by atoms with E-state index in [0.29, 0.717) is 0 Å². The molecule has 1 aromatic carbocycles. The second-order valence-corrected chi connectivity index (χ2v) is 3.87. The molecule has 0 atom stereocenters. The van der Waals surface area contributed by atoms with Gasteiger partial charge in [0.2, 0.25) is 5.91 Å². The molecule has 0 saturated heterocycles. The SMILES string of the molecule is CCCNC(=O)C(C)=C(C)c1ccccc1. The molecule has 0 aliphatic rings. The Labute approximate surface area is 97.4 Å². The van der Waals surface area contributed by atoms with Crippen LogP contribution in [0.4, 0.5) is 0 Å². The number of rotatable bonds is 4. The molecule has 0 aliphatic carbocycles. The van der Waals surface area contributed by atoms with E-state index in [4.69, 9.17) is 0 Å². The van der Waals surface area contributed by atoms with Crippen molar-refractivity contribution in [3.05, 3.63) is 41.5 Å². The van der Waals surface area contributed by atoms with E-state index in [1.165, 1.54) is 0 Å². The molecule has 1 amide bonds. The van der Waals surface area contributed by atoms with E-state index in [-0.39, 0.29) is 5.91 Å². The van der Waals surface area contributed by atoms with Crippen LogP contribution in [-0.4, -0.2) is 12.5 Å². The van der Waals surface area contributed by atoms with Gasteiger partial charge in [0, 0.05) is 12.1 Å². The van der Waals surface area contributed by atoms with Crippen LogP contribution in [0.3, 0.4) is 0 Å². The van der Waals surface area contributed by atoms with Gasteiger partial charge in [-0.2, -0.15) is 0 Å². The van der Waals surface area contributed by atoms with Crippen LogP contribution in [0, 0.1) is 0 Å². The van der Waals surface area contributed by atoms with Gasteiger partial charge in [0.15, 0.2) is 0 Å². The van der Waals surface area contributed by atoms with Crippen molar-refractivity contribution in [1.82, 2.24) is 5.32 Å². The largest absolute Gasteiger partial charge is 0.352 e. The number of allylic oxidation sites excluding steroid dienone is 1. The second kappa shape index (κ2) is 6.11. The van der Waals surface area contributed by atoms with Gasteiger partial charge in [-0.1, -0.05) is 37.3 Å². The lowest BCUT2D eigenvalue weighted by molar-refractivity contribution is -0.117. The minimum Gasteiger partial charge on any atom is -0.352 e. The molecule has 1 rings (SSSR count). The first-order valence-corrected chi connectivity index (χ1v) is 5.68. The summed E-state index contributed by atoms with van der Waals surface area (Å²) >= 11 is 0. The number of amides is 1. The summed E-state index contributed by atoms with van der Waals surface area (Å²) in [6.07, 6.45) is 0.962. The Morgan fingerprint density at radius 2 is 1.81 bits per heavy atom. The fourth-order valence-corrected chi connectivity index (χ4v) is 1.45. The molecule has 0 saturated carbocycles. The third-order valence-corrected chi connectivity index (χ3v) is 2.65. The lowest BCUT2D eigenvalue weighted by Gasteiger charge is -2.08. The lowest BCUT2D eigenvalue weighted by atomic mass is 10.0. The Morgan fingerprint density at radius 3 is 2.38 bits per heavy atom. The molecule has 0 fully saturated rings. The highest BCUT2D eigenvalue weighted by Crippen LogP contribution is 2.17. The zero-order valence-electron chi connectivity index (χ0n) is 10.2. The predicted octanol–water partition coefficient (Wildman–Crippen LogP) is 3.01. The van der Waals surface area contributed by atoms with Gasteiger partial charge >= 0.3 is 0 Å². The van der Waals surface area contributed by atoms with Gasteiger partial charge in [-0.15, -0.1) is 0 Å². The zero-order valence-corrected chi connectivity index (χ0v) is 10.2. The molecule has 0 aliphatic heterocycles. The maximum atomic E-state index is 11.7. The Hall–Kier alpha value is -1.57. The monoisotopic (exact) mass is 217 g/mol. The van der Waals surface area contributed by atoms with E-state index in [9.17, 15) is 4.79 Å². The zero-order chi connectivity index (χ0) is 12.0. The van der Waals surface area contributed by atoms with Gasteiger partial charge in [-0.3, -0.25) is 4.79 Å². The van der Waals surface area contributed by atoms with Crippen molar-refractivity contribution < 1.29 is 4.79 Å². The molecule has 0 heterocycles. The van der Waals surface area contributed by atoms with Crippen molar-refractivity contribution >= 4 is 11.5 Å². The van der Waals surface area contributed by atoms with Crippen LogP contribution < -0.4 is 5.32 Å². The summed E-state index contributed by atoms with van der Waals surface area (Å²) in [5.74, 6) is 0.0307. The molecule has 2 heteroatoms. The molecule has 86 valence electrons. The molecule has 1 N–H and O–H groups in total. The molecular weight excluding hydrogens is 198 g/mol. The first kappa shape index (κ1) is 12.5. The summed E-state index contributed by atoms with van der Waals surface area (Å²) in [5, 5.41) is 2.89. The highest BCUT2D eigenvalue weighted by Gasteiger charge is 2.07. The number of benzene rings is 1. The third-order valence-electron chi connectivity index (χ3n) is 2.65. The quantitative estimate of drug-likeness (QED) is 0.772. The van der Waals surface area contributed by atoms with Gasteiger partial charge in [0.1, 0.15) is 0 Å². The van der Waals surface area contributed by atoms with Crippen molar-refractivity contribution in [2.45, 2.75) is 27.2 Å². The first-order valence-electron chi connectivity index (χ1n) is 5.68. The summed E-state index contributed by atoms with van der Waals surface area (Å²) in [7, 11) is 0. The minimum absolute atomic E-state index is 0.0307. The molecule has 0 unspecified atom stereocenters. The topological polar surface area (TPSA) is 29.1 Å². The van der Waals surface area contributed by atoms with Crippen molar-refractivity contribution in [2.75, 3.05) is 6.54 Å². The molecule has 2 nitrogen and oxygen atoms in total. The summed E-state index contributed by atoms with van der Waals surface area (Å²) in [6, 6.07) is 9.98. The lowest BCUT2D eigenvalue weighted by Crippen LogP contribution is -2.25. The molecular formula is C14H19NO. The Morgan fingerprint density at radius 1 is 1.19 bits per heavy atom. The Balaban J connectivity index is 2.84. The van der Waals surface area contributed by atoms with E-state index < -0.39 is 0 Å². The van der Waals surface area contributed by atoms with Crippen molar-refractivity contribution in [3.8, 4) is 0 Å². The standard InChI is InChI=1S/C14H19NO/c1-4-10-15-14(16)12(3)11(2)13-8-6-5-7-9-13/h5-9H,4,10H2,1-3H3,(H,15,16). The first-order chi connectivity index (χ1) is 7.66. The minimum atomic E-state index is 0.0307. The molecule has 0 aromatic heterocycles. The summed E-state index contributed by atoms with van der Waals surface area (Å²) in [6.45, 7) is 6.63. The van der Waals surface area contributed by atoms with E-state index in [1.54, 1.807) is 0 Å². The summed E-state index contributed by atoms with van der Waals surface area (Å²) in [5.41, 5.74) is 2.93. The van der Waals surface area contributed by atoms with Crippen LogP contribution in [0.15, 0.2) is 35.9 Å². The maximum absolute atomic E-state index is 11.7. The van der Waals surface area contributed by atoms with Crippen molar-refractivity contribution in [2.24, 2.45) is 0 Å². The molecule has 1 aromatic rings. The second-order valence-electron chi connectivity index (χ2n) is 3.87. The smallest absolute Gasteiger partial charge is 0.247 e. The van der Waals surface area contributed by atoms with E-state index in [0.717, 1.165) is 29.7 Å². The number of carbonyl (C=O) groups is 1. The molecule has 16 heavy (non-hydrogen) atoms. The Kier molecular flexibility index (Phi) is 4.77. The van der Waals surface area contributed by atoms with Crippen LogP contribution in [0.1, 0.15) is 32.8 Å². The fourth-order valence-electron chi connectivity index (χ4n) is 1.45. The predicted molar refractivity (Wildman–Crippen MR) is 68.0 cm³/mol. The van der Waals surface area contributed by atoms with E-state index >= 15 is 0 Å². The van der Waals surface area contributed by atoms with Gasteiger partial charge in [-0.25, -0.2) is 0 Å². The molecule has 0 radical (unpaired) electrons. The van der Waals surface area contributed by atoms with Gasteiger partial charge in [0.25, 0.3) is 0 Å². The molecule has 0 spiro atoms. The summed E-state index contributed by atoms with van der Waals surface area (Å²) < 4.78 is 0. The number of hydrogen-bond acceptors (Lipinski definition) is 1. The highest BCUT2D eigenvalue weighted by atomic mass is 16.1. The average Bonchev–Trinajstić information content (AvgIpc) is 2.35. The van der Waals surface area contributed by atoms with Crippen molar-refractivity contribution in [3.63, 3.8) is 0 Å². The normalized spacial score (nSPS) is 11.9. The third kappa shape index (κ3) is 3.23. The van der Waals surface area contributed by atoms with E-state index in [1.807, 2.05) is 51.1 Å². The van der Waals surface area contributed by atoms with Crippen LogP contribution >= 0.6 is 0 Å². The van der Waals surface area contributed by atoms with Gasteiger partial charge in [-0.05, 0) is 31.4 Å². The van der Waals surface area contributed by atoms with Gasteiger partial charge in [0.05, 0.1) is 0 Å². The maximum Gasteiger partial charge on any atom is 0.247 e. The number of carbonyl (C=O) groups excluding carboxylic acids is 1. The van der Waals surface area contributed by atoms with Crippen LogP contribution in [0.2, 0.25) is 0 Å². The summed E-state index contributed by atoms with van der Waals surface area (Å²) in [4.78, 5) is 11.7. The van der Waals surface area contributed by atoms with Gasteiger partial charge < -0.3 is 5.32 Å². The van der Waals surface area contributed by atoms with Crippen LogP contribution in [0.25, 0.3) is 5.57 Å². The number of hydrogen-bond donors (Lipinski definition) is 1. The van der Waals surface area contributed by atoms with E-state index in [2.05, 4.69) is 5.32 Å². The number of nitrogens with one attached hydrogen (secondary N) is 1. The van der Waals surface area contributed by atoms with Crippen molar-refractivity contribution in [1.29, 1.82) is 0 Å². The fraction of sp³-hybridized carbons (Fsp3) is 0.357. The van der Waals surface area contributed by atoms with Crippen LogP contribution in [-0.2, 0) is 4.79 Å². The Bertz CT molecular complexity index is 379.